The summed E-state index contributed by atoms with van der Waals surface area (Å²) in [5.74, 6) is -1.16. The normalized spacial score (nSPS) is 16.2. The average Bonchev–Trinajstić information content (AvgIpc) is 2.64. The quantitative estimate of drug-likeness (QED) is 0.499. The minimum atomic E-state index is -5.22. The summed E-state index contributed by atoms with van der Waals surface area (Å²) < 4.78 is 78.1. The number of anilines is 1. The van der Waals surface area contributed by atoms with Crippen molar-refractivity contribution in [2.45, 2.75) is 12.4 Å². The number of carbonyl (C=O) groups excluding carboxylic acids is 1. The minimum absolute atomic E-state index is 0.0658. The molecule has 1 amide bonds. The molecule has 0 unspecified atom stereocenters. The van der Waals surface area contributed by atoms with Crippen molar-refractivity contribution in [3.63, 3.8) is 0 Å². The van der Waals surface area contributed by atoms with Crippen molar-refractivity contribution in [1.82, 2.24) is 20.6 Å². The van der Waals surface area contributed by atoms with Gasteiger partial charge in [-0.05, 0) is 6.07 Å². The molecular weight excluding hydrogens is 408 g/mol. The van der Waals surface area contributed by atoms with Gasteiger partial charge in [-0.1, -0.05) is 0 Å². The van der Waals surface area contributed by atoms with Crippen LogP contribution in [-0.2, 0) is 17.1 Å². The molecule has 0 aliphatic carbocycles. The maximum Gasteiger partial charge on any atom is 0.433 e. The third-order valence-corrected chi connectivity index (χ3v) is 3.79. The highest BCUT2D eigenvalue weighted by atomic mass is 19.4. The van der Waals surface area contributed by atoms with Crippen LogP contribution in [0.5, 0.6) is 0 Å². The molecule has 0 bridgehead atoms. The van der Waals surface area contributed by atoms with Gasteiger partial charge in [0.1, 0.15) is 29.0 Å². The lowest BCUT2D eigenvalue weighted by Gasteiger charge is -2.29. The number of halogens is 6. The van der Waals surface area contributed by atoms with Crippen LogP contribution in [0.2, 0.25) is 0 Å². The second-order valence-corrected chi connectivity index (χ2v) is 5.76. The minimum Gasteiger partial charge on any atom is -0.369 e. The molecule has 2 heterocycles. The van der Waals surface area contributed by atoms with E-state index >= 15 is 0 Å². The highest BCUT2D eigenvalue weighted by Gasteiger charge is 2.41. The SMILES string of the molecule is CN/N=C1/CN(C(=O)CNc2nc(C(F)(F)F)cc(C(F)(F)F)c2C#N)CCN1. The van der Waals surface area contributed by atoms with Gasteiger partial charge in [0.25, 0.3) is 0 Å². The Bertz CT molecular complexity index is 843. The number of alkyl halides is 6. The molecule has 14 heteroatoms. The lowest BCUT2D eigenvalue weighted by atomic mass is 10.1. The Morgan fingerprint density at radius 2 is 2.03 bits per heavy atom. The van der Waals surface area contributed by atoms with E-state index in [1.54, 1.807) is 0 Å². The fourth-order valence-corrected chi connectivity index (χ4v) is 2.50. The maximum absolute atomic E-state index is 13.1. The number of amidine groups is 1. The van der Waals surface area contributed by atoms with Gasteiger partial charge in [0.15, 0.2) is 0 Å². The number of rotatable bonds is 4. The van der Waals surface area contributed by atoms with Gasteiger partial charge >= 0.3 is 12.4 Å². The van der Waals surface area contributed by atoms with Crippen LogP contribution in [0, 0.1) is 11.3 Å². The molecule has 0 aromatic carbocycles. The number of nitrogens with one attached hydrogen (secondary N) is 3. The van der Waals surface area contributed by atoms with Crippen LogP contribution in [0.3, 0.4) is 0 Å². The number of amides is 1. The fourth-order valence-electron chi connectivity index (χ4n) is 2.50. The summed E-state index contributed by atoms with van der Waals surface area (Å²) >= 11 is 0. The van der Waals surface area contributed by atoms with E-state index in [4.69, 9.17) is 5.26 Å². The lowest BCUT2D eigenvalue weighted by molar-refractivity contribution is -0.145. The molecule has 1 aliphatic heterocycles. The Labute approximate surface area is 160 Å². The molecular formula is C15H15F6N7O. The summed E-state index contributed by atoms with van der Waals surface area (Å²) in [5.41, 5.74) is -2.22. The van der Waals surface area contributed by atoms with Gasteiger partial charge in [0.2, 0.25) is 5.91 Å². The van der Waals surface area contributed by atoms with E-state index in [0.29, 0.717) is 12.4 Å². The average molecular weight is 423 g/mol. The molecule has 3 N–H and O–H groups in total. The first-order chi connectivity index (χ1) is 13.5. The van der Waals surface area contributed by atoms with Crippen LogP contribution >= 0.6 is 0 Å². The summed E-state index contributed by atoms with van der Waals surface area (Å²) in [7, 11) is 1.54. The summed E-state index contributed by atoms with van der Waals surface area (Å²) in [5, 5.41) is 17.9. The Balaban J connectivity index is 2.28. The second-order valence-electron chi connectivity index (χ2n) is 5.76. The van der Waals surface area contributed by atoms with Gasteiger partial charge in [-0.2, -0.15) is 36.7 Å². The van der Waals surface area contributed by atoms with Gasteiger partial charge in [-0.15, -0.1) is 0 Å². The summed E-state index contributed by atoms with van der Waals surface area (Å²) in [4.78, 5) is 16.7. The Morgan fingerprint density at radius 1 is 1.34 bits per heavy atom. The third-order valence-electron chi connectivity index (χ3n) is 3.79. The van der Waals surface area contributed by atoms with E-state index < -0.39 is 47.4 Å². The number of nitriles is 1. The molecule has 0 atom stereocenters. The van der Waals surface area contributed by atoms with Gasteiger partial charge in [-0.25, -0.2) is 4.98 Å². The molecule has 1 fully saturated rings. The number of hydrazone groups is 1. The largest absolute Gasteiger partial charge is 0.433 e. The lowest BCUT2D eigenvalue weighted by Crippen LogP contribution is -2.51. The van der Waals surface area contributed by atoms with Gasteiger partial charge in [-0.3, -0.25) is 4.79 Å². The second kappa shape index (κ2) is 8.41. The summed E-state index contributed by atoms with van der Waals surface area (Å²) in [6.07, 6.45) is -10.4. The van der Waals surface area contributed by atoms with Crippen molar-refractivity contribution >= 4 is 17.6 Å². The van der Waals surface area contributed by atoms with E-state index in [9.17, 15) is 31.1 Å². The van der Waals surface area contributed by atoms with E-state index in [1.807, 2.05) is 0 Å². The number of hydrogen-bond donors (Lipinski definition) is 3. The molecule has 1 saturated heterocycles. The standard InChI is InChI=1S/C15H15F6N7O/c1-23-27-11-7-28(3-2-24-11)12(29)6-25-13-8(5-22)9(14(16,17)18)4-10(26-13)15(19,20)21/h4,23H,2-3,6-7H2,1H3,(H,24,27)(H,25,26). The van der Waals surface area contributed by atoms with Crippen LogP contribution < -0.4 is 16.1 Å². The van der Waals surface area contributed by atoms with Crippen molar-refractivity contribution < 1.29 is 31.1 Å². The molecule has 0 saturated carbocycles. The monoisotopic (exact) mass is 423 g/mol. The van der Waals surface area contributed by atoms with Crippen LogP contribution in [0.1, 0.15) is 16.8 Å². The molecule has 1 aliphatic rings. The zero-order chi connectivity index (χ0) is 21.8. The predicted molar refractivity (Wildman–Crippen MR) is 88.5 cm³/mol. The fraction of sp³-hybridized carbons (Fsp3) is 0.467. The zero-order valence-corrected chi connectivity index (χ0v) is 14.9. The highest BCUT2D eigenvalue weighted by molar-refractivity contribution is 5.90. The van der Waals surface area contributed by atoms with Crippen molar-refractivity contribution in [3.05, 3.63) is 22.9 Å². The van der Waals surface area contributed by atoms with Gasteiger partial charge in [0.05, 0.1) is 18.7 Å². The third kappa shape index (κ3) is 5.39. The van der Waals surface area contributed by atoms with Crippen molar-refractivity contribution in [2.75, 3.05) is 38.5 Å². The van der Waals surface area contributed by atoms with Crippen molar-refractivity contribution in [3.8, 4) is 6.07 Å². The number of hydrogen-bond acceptors (Lipinski definition) is 6. The zero-order valence-electron chi connectivity index (χ0n) is 14.9. The van der Waals surface area contributed by atoms with E-state index in [0.717, 1.165) is 0 Å². The number of aromatic nitrogens is 1. The van der Waals surface area contributed by atoms with Crippen molar-refractivity contribution in [1.29, 1.82) is 5.26 Å². The van der Waals surface area contributed by atoms with Gasteiger partial charge in [0, 0.05) is 20.1 Å². The number of piperazine rings is 1. The number of nitrogens with zero attached hydrogens (tertiary/aromatic N) is 4. The van der Waals surface area contributed by atoms with Crippen LogP contribution in [0.4, 0.5) is 32.2 Å². The highest BCUT2D eigenvalue weighted by Crippen LogP contribution is 2.38. The van der Waals surface area contributed by atoms with Crippen molar-refractivity contribution in [2.24, 2.45) is 5.10 Å². The first-order valence-electron chi connectivity index (χ1n) is 8.05. The first kappa shape index (κ1) is 22.1. The van der Waals surface area contributed by atoms with E-state index in [1.165, 1.54) is 18.0 Å². The smallest absolute Gasteiger partial charge is 0.369 e. The topological polar surface area (TPSA) is 105 Å². The van der Waals surface area contributed by atoms with E-state index in [2.05, 4.69) is 26.1 Å². The summed E-state index contributed by atoms with van der Waals surface area (Å²) in [6.45, 7) is 0.0112. The molecule has 1 aromatic rings. The molecule has 1 aromatic heterocycles. The maximum atomic E-state index is 13.1. The molecule has 0 radical (unpaired) electrons. The number of carbonyl (C=O) groups is 1. The Morgan fingerprint density at radius 3 is 2.59 bits per heavy atom. The molecule has 29 heavy (non-hydrogen) atoms. The number of pyridine rings is 1. The predicted octanol–water partition coefficient (Wildman–Crippen LogP) is 1.37. The molecule has 2 rings (SSSR count). The van der Waals surface area contributed by atoms with Gasteiger partial charge < -0.3 is 21.0 Å². The molecule has 158 valence electrons. The van der Waals surface area contributed by atoms with Crippen LogP contribution in [0.25, 0.3) is 0 Å². The Hall–Kier alpha value is -3.24. The molecule has 8 nitrogen and oxygen atoms in total. The molecule has 0 spiro atoms. The van der Waals surface area contributed by atoms with Crippen LogP contribution in [0.15, 0.2) is 11.2 Å². The Kier molecular flexibility index (Phi) is 6.40. The van der Waals surface area contributed by atoms with E-state index in [-0.39, 0.29) is 19.2 Å². The summed E-state index contributed by atoms with van der Waals surface area (Å²) in [6, 6.07) is 0.968. The van der Waals surface area contributed by atoms with Crippen LogP contribution in [-0.4, -0.2) is 54.9 Å². The first-order valence-corrected chi connectivity index (χ1v) is 8.05.